The van der Waals surface area contributed by atoms with Gasteiger partial charge in [0.2, 0.25) is 0 Å². The van der Waals surface area contributed by atoms with E-state index in [1.54, 1.807) is 5.57 Å². The van der Waals surface area contributed by atoms with Crippen molar-refractivity contribution in [3.63, 3.8) is 0 Å². The second-order valence-electron chi connectivity index (χ2n) is 18.1. The minimum Gasteiger partial charge on any atom is -0.458 e. The number of aryl methyl sites for hydroxylation is 1. The van der Waals surface area contributed by atoms with Crippen molar-refractivity contribution < 1.29 is 9.47 Å². The molecule has 12 rings (SSSR count). The van der Waals surface area contributed by atoms with Crippen molar-refractivity contribution in [2.24, 2.45) is 11.8 Å². The highest BCUT2D eigenvalue weighted by Crippen LogP contribution is 2.57. The van der Waals surface area contributed by atoms with Gasteiger partial charge >= 0.3 is 0 Å². The van der Waals surface area contributed by atoms with Crippen LogP contribution in [0.3, 0.4) is 0 Å². The molecule has 0 bridgehead atoms. The van der Waals surface area contributed by atoms with Crippen molar-refractivity contribution in [2.75, 3.05) is 4.90 Å². The van der Waals surface area contributed by atoms with Gasteiger partial charge in [0, 0.05) is 34.1 Å². The highest BCUT2D eigenvalue weighted by atomic mass is 16.5. The molecule has 4 nitrogen and oxygen atoms in total. The minimum absolute atomic E-state index is 0.0552. The number of nitrogens with zero attached hydrogens (tertiary/aromatic N) is 2. The monoisotopic (exact) mass is 856 g/mol. The maximum atomic E-state index is 6.61. The molecule has 0 amide bonds. The van der Waals surface area contributed by atoms with Gasteiger partial charge in [-0.3, -0.25) is 0 Å². The topological polar surface area (TPSA) is 26.6 Å². The zero-order valence-corrected chi connectivity index (χ0v) is 37.5. The Morgan fingerprint density at radius 2 is 1.30 bits per heavy atom. The van der Waals surface area contributed by atoms with Crippen LogP contribution < -0.4 is 14.4 Å². The standard InChI is InChI=1S/C62H52N2O2/c1-3-46(65-48-38-31-44(32-39-48)63-58-24-12-6-18-52(58)53-19-7-13-25-59(53)63)35-28-42(2)62(56-22-10-4-16-50(56)51-17-5-11-23-57(51)62)43-29-36-47(37-30-43)66-49-40-33-45(34-41-49)64-60-26-14-8-20-54(60)55-21-9-15-27-61(55)64/h3-6,8,10-18,20,22-42,52,58H,7,9,19,21H2,1-2H3/b35-28-,46-3+. The Morgan fingerprint density at radius 1 is 0.667 bits per heavy atom. The van der Waals surface area contributed by atoms with E-state index in [0.29, 0.717) is 12.0 Å². The molecule has 66 heavy (non-hydrogen) atoms. The molecule has 0 spiro atoms. The average molecular weight is 857 g/mol. The van der Waals surface area contributed by atoms with E-state index in [1.807, 2.05) is 6.92 Å². The molecule has 322 valence electrons. The summed E-state index contributed by atoms with van der Waals surface area (Å²) in [5.41, 5.74) is 15.1. The molecule has 3 unspecified atom stereocenters. The first-order valence-corrected chi connectivity index (χ1v) is 23.6. The molecule has 1 aliphatic heterocycles. The summed E-state index contributed by atoms with van der Waals surface area (Å²) < 4.78 is 15.6. The molecule has 4 aliphatic carbocycles. The number of anilines is 1. The zero-order chi connectivity index (χ0) is 44.2. The third-order valence-electron chi connectivity index (χ3n) is 14.6. The summed E-state index contributed by atoms with van der Waals surface area (Å²) in [6.07, 6.45) is 29.2. The third kappa shape index (κ3) is 6.49. The predicted octanol–water partition coefficient (Wildman–Crippen LogP) is 15.4. The number of fused-ring (bicyclic) bond motifs is 8. The van der Waals surface area contributed by atoms with Gasteiger partial charge in [0.05, 0.1) is 17.0 Å². The fraction of sp³-hybridized carbons (Fsp3) is 0.161. The summed E-state index contributed by atoms with van der Waals surface area (Å²) in [6.45, 7) is 4.38. The van der Waals surface area contributed by atoms with E-state index >= 15 is 0 Å². The van der Waals surface area contributed by atoms with Gasteiger partial charge in [-0.25, -0.2) is 0 Å². The summed E-state index contributed by atoms with van der Waals surface area (Å²) in [6, 6.07) is 52.8. The van der Waals surface area contributed by atoms with Crippen molar-refractivity contribution in [2.45, 2.75) is 51.0 Å². The second-order valence-corrected chi connectivity index (χ2v) is 18.1. The molecule has 0 N–H and O–H groups in total. The van der Waals surface area contributed by atoms with Gasteiger partial charge in [0.15, 0.2) is 0 Å². The van der Waals surface area contributed by atoms with Crippen LogP contribution in [0.25, 0.3) is 33.8 Å². The van der Waals surface area contributed by atoms with Gasteiger partial charge in [-0.2, -0.15) is 0 Å². The molecule has 2 heterocycles. The van der Waals surface area contributed by atoms with Crippen LogP contribution in [-0.2, 0) is 11.8 Å². The summed E-state index contributed by atoms with van der Waals surface area (Å²) >= 11 is 0. The van der Waals surface area contributed by atoms with Gasteiger partial charge in [0.25, 0.3) is 0 Å². The van der Waals surface area contributed by atoms with Crippen molar-refractivity contribution >= 4 is 22.7 Å². The maximum absolute atomic E-state index is 6.61. The van der Waals surface area contributed by atoms with Crippen molar-refractivity contribution in [3.8, 4) is 34.1 Å². The van der Waals surface area contributed by atoms with E-state index in [2.05, 4.69) is 229 Å². The molecular weight excluding hydrogens is 805 g/mol. The minimum atomic E-state index is -0.449. The van der Waals surface area contributed by atoms with Crippen molar-refractivity contribution in [1.29, 1.82) is 0 Å². The fourth-order valence-electron chi connectivity index (χ4n) is 11.6. The molecule has 6 aromatic carbocycles. The van der Waals surface area contributed by atoms with E-state index in [1.165, 1.54) is 61.4 Å². The third-order valence-corrected chi connectivity index (χ3v) is 14.6. The largest absolute Gasteiger partial charge is 0.458 e. The van der Waals surface area contributed by atoms with Crippen LogP contribution in [0.1, 0.15) is 61.1 Å². The molecule has 3 atom stereocenters. The van der Waals surface area contributed by atoms with Crippen molar-refractivity contribution in [1.82, 2.24) is 4.57 Å². The number of aromatic nitrogens is 1. The van der Waals surface area contributed by atoms with Gasteiger partial charge in [-0.1, -0.05) is 128 Å². The molecule has 0 radical (unpaired) electrons. The molecule has 5 aliphatic rings. The van der Waals surface area contributed by atoms with E-state index < -0.39 is 5.41 Å². The van der Waals surface area contributed by atoms with Crippen LogP contribution in [0.5, 0.6) is 17.2 Å². The first-order valence-electron chi connectivity index (χ1n) is 23.6. The Kier molecular flexibility index (Phi) is 9.97. The van der Waals surface area contributed by atoms with Crippen LogP contribution in [0.2, 0.25) is 0 Å². The van der Waals surface area contributed by atoms with Crippen LogP contribution >= 0.6 is 0 Å². The number of rotatable bonds is 10. The van der Waals surface area contributed by atoms with Crippen molar-refractivity contribution in [3.05, 3.63) is 251 Å². The molecule has 1 aromatic heterocycles. The summed E-state index contributed by atoms with van der Waals surface area (Å²) in [5.74, 6) is 3.72. The number of benzene rings is 6. The number of hydrogen-bond donors (Lipinski definition) is 0. The number of hydrogen-bond acceptors (Lipinski definition) is 3. The lowest BCUT2D eigenvalue weighted by Gasteiger charge is -2.37. The lowest BCUT2D eigenvalue weighted by atomic mass is 9.64. The molecule has 0 fully saturated rings. The molecular formula is C62H52N2O2. The molecule has 7 aromatic rings. The van der Waals surface area contributed by atoms with E-state index in [-0.39, 0.29) is 5.92 Å². The summed E-state index contributed by atoms with van der Waals surface area (Å²) in [4.78, 5) is 2.50. The lowest BCUT2D eigenvalue weighted by Crippen LogP contribution is -2.33. The predicted molar refractivity (Wildman–Crippen MR) is 271 cm³/mol. The summed E-state index contributed by atoms with van der Waals surface area (Å²) in [7, 11) is 0. The SMILES string of the molecule is C/C=C(\C=C/C(C)C1(c2ccc(Oc3ccc(-n4c5c(c6ccccc64)CCC=C5)cc3)cc2)c2ccccc2-c2ccccc21)Oc1ccc(N2C3=C(CCC=C3)C3C=CC=CC32)cc1. The average Bonchev–Trinajstić information content (AvgIpc) is 4.01. The number of para-hydroxylation sites is 1. The van der Waals surface area contributed by atoms with Gasteiger partial charge in [-0.15, -0.1) is 0 Å². The fourth-order valence-corrected chi connectivity index (χ4v) is 11.6. The van der Waals surface area contributed by atoms with Crippen LogP contribution in [0.15, 0.2) is 223 Å². The Morgan fingerprint density at radius 3 is 2.06 bits per heavy atom. The highest BCUT2D eigenvalue weighted by molar-refractivity contribution is 5.91. The van der Waals surface area contributed by atoms with E-state index in [4.69, 9.17) is 9.47 Å². The Balaban J connectivity index is 0.817. The smallest absolute Gasteiger partial charge is 0.127 e. The second kappa shape index (κ2) is 16.5. The number of ether oxygens (including phenoxy) is 2. The first kappa shape index (κ1) is 40.0. The van der Waals surface area contributed by atoms with Crippen LogP contribution in [0, 0.1) is 11.8 Å². The van der Waals surface area contributed by atoms with Gasteiger partial charge in [0.1, 0.15) is 23.0 Å². The molecule has 0 saturated carbocycles. The van der Waals surface area contributed by atoms with Gasteiger partial charge in [-0.05, 0) is 169 Å². The van der Waals surface area contributed by atoms with E-state index in [0.717, 1.165) is 54.4 Å². The Hall–Kier alpha value is -7.56. The van der Waals surface area contributed by atoms with E-state index in [9.17, 15) is 0 Å². The van der Waals surface area contributed by atoms with Crippen LogP contribution in [-0.4, -0.2) is 10.6 Å². The normalized spacial score (nSPS) is 19.2. The molecule has 4 heteroatoms. The lowest BCUT2D eigenvalue weighted by molar-refractivity contribution is 0.439. The highest BCUT2D eigenvalue weighted by Gasteiger charge is 2.47. The Labute approximate surface area is 388 Å². The first-order chi connectivity index (χ1) is 32.6. The zero-order valence-electron chi connectivity index (χ0n) is 37.5. The molecule has 0 saturated heterocycles. The van der Waals surface area contributed by atoms with Gasteiger partial charge < -0.3 is 18.9 Å². The maximum Gasteiger partial charge on any atom is 0.127 e. The Bertz CT molecular complexity index is 3180. The quantitative estimate of drug-likeness (QED) is 0.101. The number of allylic oxidation sites excluding steroid dienone is 8. The summed E-state index contributed by atoms with van der Waals surface area (Å²) in [5, 5.41) is 1.34. The van der Waals surface area contributed by atoms with Crippen LogP contribution in [0.4, 0.5) is 5.69 Å².